The van der Waals surface area contributed by atoms with Gasteiger partial charge in [-0.15, -0.1) is 0 Å². The van der Waals surface area contributed by atoms with E-state index in [9.17, 15) is 0 Å². The summed E-state index contributed by atoms with van der Waals surface area (Å²) in [6.45, 7) is 0. The van der Waals surface area contributed by atoms with E-state index in [-0.39, 0.29) is 0 Å². The fourth-order valence-electron chi connectivity index (χ4n) is 1.66. The van der Waals surface area contributed by atoms with Crippen molar-refractivity contribution in [3.05, 3.63) is 40.6 Å². The molecule has 2 nitrogen and oxygen atoms in total. The molecule has 3 rings (SSSR count). The second-order valence-electron chi connectivity index (χ2n) is 3.83. The van der Waals surface area contributed by atoms with Gasteiger partial charge in [-0.2, -0.15) is 0 Å². The average Bonchev–Trinajstić information content (AvgIpc) is 2.43. The SMILES string of the molecule is Clc1cc2c(cc1Cl)Oc1c(Br)c(Br)c(Cl)c(Br)c1O2. The molecule has 0 aliphatic carbocycles. The zero-order valence-corrected chi connectivity index (χ0v) is 16.3. The summed E-state index contributed by atoms with van der Waals surface area (Å²) in [7, 11) is 0. The van der Waals surface area contributed by atoms with Gasteiger partial charge in [0.1, 0.15) is 0 Å². The van der Waals surface area contributed by atoms with Crippen LogP contribution >= 0.6 is 82.6 Å². The van der Waals surface area contributed by atoms with Gasteiger partial charge in [-0.3, -0.25) is 0 Å². The van der Waals surface area contributed by atoms with Crippen molar-refractivity contribution < 1.29 is 9.47 Å². The van der Waals surface area contributed by atoms with E-state index < -0.39 is 0 Å². The Morgan fingerprint density at radius 2 is 1.15 bits per heavy atom. The van der Waals surface area contributed by atoms with Gasteiger partial charge in [-0.1, -0.05) is 34.8 Å². The topological polar surface area (TPSA) is 18.5 Å². The molecule has 0 radical (unpaired) electrons. The predicted octanol–water partition coefficient (Wildman–Crippen LogP) is 7.83. The molecule has 0 unspecified atom stereocenters. The van der Waals surface area contributed by atoms with Gasteiger partial charge < -0.3 is 9.47 Å². The van der Waals surface area contributed by atoms with E-state index in [0.717, 1.165) is 0 Å². The molecule has 0 amide bonds. The lowest BCUT2D eigenvalue weighted by molar-refractivity contribution is 0.355. The number of halogens is 6. The molecular formula is C12H2Br3Cl3O2. The van der Waals surface area contributed by atoms with Crippen LogP contribution in [0.25, 0.3) is 0 Å². The van der Waals surface area contributed by atoms with Crippen molar-refractivity contribution in [3.63, 3.8) is 0 Å². The molecule has 1 aliphatic heterocycles. The fourth-order valence-corrected chi connectivity index (χ4v) is 3.83. The quantitative estimate of drug-likeness (QED) is 0.221. The van der Waals surface area contributed by atoms with E-state index in [1.807, 2.05) is 0 Å². The zero-order chi connectivity index (χ0) is 14.6. The molecule has 0 saturated carbocycles. The minimum atomic E-state index is 0.385. The van der Waals surface area contributed by atoms with Gasteiger partial charge in [0.25, 0.3) is 0 Å². The Kier molecular flexibility index (Phi) is 4.21. The number of rotatable bonds is 0. The number of hydrogen-bond acceptors (Lipinski definition) is 2. The Balaban J connectivity index is 2.23. The summed E-state index contributed by atoms with van der Waals surface area (Å²) in [6, 6.07) is 3.20. The maximum atomic E-state index is 6.20. The van der Waals surface area contributed by atoms with Crippen LogP contribution in [0.15, 0.2) is 25.6 Å². The van der Waals surface area contributed by atoms with Crippen LogP contribution in [0, 0.1) is 0 Å². The number of benzene rings is 2. The first-order valence-electron chi connectivity index (χ1n) is 5.11. The molecular weight excluding hydrogens is 522 g/mol. The molecule has 0 aromatic heterocycles. The molecule has 0 bridgehead atoms. The fraction of sp³-hybridized carbons (Fsp3) is 0. The Hall–Kier alpha value is 0.350. The average molecular weight is 524 g/mol. The second-order valence-corrected chi connectivity index (χ2v) is 7.40. The van der Waals surface area contributed by atoms with Crippen LogP contribution in [-0.4, -0.2) is 0 Å². The number of ether oxygens (including phenoxy) is 2. The monoisotopic (exact) mass is 520 g/mol. The molecule has 0 atom stereocenters. The minimum Gasteiger partial charge on any atom is -0.448 e. The van der Waals surface area contributed by atoms with Gasteiger partial charge in [0.15, 0.2) is 23.0 Å². The summed E-state index contributed by atoms with van der Waals surface area (Å²) in [5.41, 5.74) is 0. The van der Waals surface area contributed by atoms with Gasteiger partial charge in [0.05, 0.1) is 28.5 Å². The van der Waals surface area contributed by atoms with Crippen molar-refractivity contribution in [2.45, 2.75) is 0 Å². The van der Waals surface area contributed by atoms with Crippen molar-refractivity contribution in [1.82, 2.24) is 0 Å². The van der Waals surface area contributed by atoms with Crippen LogP contribution < -0.4 is 9.47 Å². The lowest BCUT2D eigenvalue weighted by Crippen LogP contribution is -2.01. The third-order valence-electron chi connectivity index (χ3n) is 2.59. The van der Waals surface area contributed by atoms with Crippen molar-refractivity contribution in [2.24, 2.45) is 0 Å². The van der Waals surface area contributed by atoms with Gasteiger partial charge in [-0.25, -0.2) is 0 Å². The van der Waals surface area contributed by atoms with Crippen molar-refractivity contribution >= 4 is 82.6 Å². The van der Waals surface area contributed by atoms with Crippen molar-refractivity contribution in [1.29, 1.82) is 0 Å². The Bertz CT molecular complexity index is 688. The highest BCUT2D eigenvalue weighted by molar-refractivity contribution is 9.13. The molecule has 0 saturated heterocycles. The standard InChI is InChI=1S/C12H2Br3Cl3O2/c13-7-8(14)11-12(9(15)10(7)18)20-6-2-4(17)3(16)1-5(6)19-11/h1-2H. The van der Waals surface area contributed by atoms with E-state index in [0.29, 0.717) is 51.5 Å². The molecule has 20 heavy (non-hydrogen) atoms. The van der Waals surface area contributed by atoms with Crippen LogP contribution in [0.4, 0.5) is 0 Å². The molecule has 2 aromatic carbocycles. The van der Waals surface area contributed by atoms with Crippen LogP contribution in [0.1, 0.15) is 0 Å². The van der Waals surface area contributed by atoms with E-state index in [1.54, 1.807) is 12.1 Å². The van der Waals surface area contributed by atoms with Crippen molar-refractivity contribution in [3.8, 4) is 23.0 Å². The van der Waals surface area contributed by atoms with E-state index in [1.165, 1.54) is 0 Å². The smallest absolute Gasteiger partial charge is 0.187 e. The van der Waals surface area contributed by atoms with Gasteiger partial charge in [0, 0.05) is 12.1 Å². The molecule has 0 fully saturated rings. The highest BCUT2D eigenvalue weighted by Gasteiger charge is 2.28. The molecule has 1 aliphatic rings. The summed E-state index contributed by atoms with van der Waals surface area (Å²) in [6.07, 6.45) is 0. The normalized spacial score (nSPS) is 12.3. The highest BCUT2D eigenvalue weighted by atomic mass is 79.9. The Morgan fingerprint density at radius 3 is 1.65 bits per heavy atom. The third kappa shape index (κ3) is 2.36. The number of hydrogen-bond donors (Lipinski definition) is 0. The van der Waals surface area contributed by atoms with E-state index >= 15 is 0 Å². The molecule has 0 N–H and O–H groups in total. The van der Waals surface area contributed by atoms with Crippen LogP contribution in [0.3, 0.4) is 0 Å². The third-order valence-corrected chi connectivity index (χ3v) is 6.99. The van der Waals surface area contributed by atoms with Gasteiger partial charge >= 0.3 is 0 Å². The first-order chi connectivity index (χ1) is 9.40. The second kappa shape index (κ2) is 5.52. The first kappa shape index (κ1) is 15.3. The van der Waals surface area contributed by atoms with Crippen LogP contribution in [0.5, 0.6) is 23.0 Å². The number of fused-ring (bicyclic) bond motifs is 2. The van der Waals surface area contributed by atoms with Gasteiger partial charge in [-0.05, 0) is 47.8 Å². The maximum absolute atomic E-state index is 6.20. The Morgan fingerprint density at radius 1 is 0.700 bits per heavy atom. The molecule has 0 spiro atoms. The molecule has 1 heterocycles. The molecule has 104 valence electrons. The summed E-state index contributed by atoms with van der Waals surface area (Å²) < 4.78 is 13.5. The summed E-state index contributed by atoms with van der Waals surface area (Å²) in [5, 5.41) is 1.25. The first-order valence-corrected chi connectivity index (χ1v) is 8.62. The lowest BCUT2D eigenvalue weighted by atomic mass is 10.2. The zero-order valence-electron chi connectivity index (χ0n) is 9.24. The van der Waals surface area contributed by atoms with Gasteiger partial charge in [0.2, 0.25) is 0 Å². The lowest BCUT2D eigenvalue weighted by Gasteiger charge is -2.24. The highest BCUT2D eigenvalue weighted by Crippen LogP contribution is 2.57. The van der Waals surface area contributed by atoms with E-state index in [2.05, 4.69) is 47.8 Å². The minimum absolute atomic E-state index is 0.385. The maximum Gasteiger partial charge on any atom is 0.187 e. The van der Waals surface area contributed by atoms with Crippen LogP contribution in [-0.2, 0) is 0 Å². The molecule has 8 heteroatoms. The summed E-state index contributed by atoms with van der Waals surface area (Å²) in [4.78, 5) is 0. The van der Waals surface area contributed by atoms with Crippen molar-refractivity contribution in [2.75, 3.05) is 0 Å². The summed E-state index contributed by atoms with van der Waals surface area (Å²) in [5.74, 6) is 1.92. The largest absolute Gasteiger partial charge is 0.448 e. The van der Waals surface area contributed by atoms with Crippen LogP contribution in [0.2, 0.25) is 15.1 Å². The molecule has 2 aromatic rings. The van der Waals surface area contributed by atoms with E-state index in [4.69, 9.17) is 44.3 Å². The summed E-state index contributed by atoms with van der Waals surface area (Å²) >= 11 is 28.3. The predicted molar refractivity (Wildman–Crippen MR) is 91.2 cm³/mol. The Labute approximate surface area is 154 Å².